The van der Waals surface area contributed by atoms with Crippen LogP contribution in [-0.4, -0.2) is 30.2 Å². The van der Waals surface area contributed by atoms with Crippen LogP contribution in [0.5, 0.6) is 11.5 Å². The molecule has 2 rings (SSSR count). The average Bonchev–Trinajstić information content (AvgIpc) is 2.67. The lowest BCUT2D eigenvalue weighted by molar-refractivity contribution is -0.145. The molecule has 0 aliphatic carbocycles. The number of amides is 1. The van der Waals surface area contributed by atoms with E-state index in [0.717, 1.165) is 0 Å². The van der Waals surface area contributed by atoms with Gasteiger partial charge in [-0.25, -0.2) is 4.79 Å². The maximum absolute atomic E-state index is 12.4. The lowest BCUT2D eigenvalue weighted by Gasteiger charge is -2.10. The smallest absolute Gasteiger partial charge is 0.344 e. The number of hydrogen-bond donors (Lipinski definition) is 2. The van der Waals surface area contributed by atoms with Crippen molar-refractivity contribution in [1.29, 1.82) is 5.26 Å². The van der Waals surface area contributed by atoms with E-state index in [0.29, 0.717) is 21.5 Å². The molecule has 0 fully saturated rings. The standard InChI is InChI=1S/C20H17BrN2O5/c1-2-27-19(25)12-28-18-8-3-15(21)10-13(18)9-14(11-22)20(26)23-16-4-6-17(24)7-5-16/h3-10,24H,2,12H2,1H3,(H,23,26)/b14-9+. The summed E-state index contributed by atoms with van der Waals surface area (Å²) in [5, 5.41) is 21.2. The molecule has 8 heteroatoms. The zero-order valence-corrected chi connectivity index (χ0v) is 16.5. The van der Waals surface area contributed by atoms with Crippen molar-refractivity contribution in [3.63, 3.8) is 0 Å². The quantitative estimate of drug-likeness (QED) is 0.292. The van der Waals surface area contributed by atoms with Crippen molar-refractivity contribution in [1.82, 2.24) is 0 Å². The number of anilines is 1. The van der Waals surface area contributed by atoms with Crippen molar-refractivity contribution >= 4 is 39.6 Å². The Labute approximate surface area is 170 Å². The Kier molecular flexibility index (Phi) is 7.60. The highest BCUT2D eigenvalue weighted by atomic mass is 79.9. The number of phenolic OH excluding ortho intramolecular Hbond substituents is 1. The van der Waals surface area contributed by atoms with E-state index in [2.05, 4.69) is 21.2 Å². The molecule has 0 heterocycles. The van der Waals surface area contributed by atoms with Gasteiger partial charge in [0.2, 0.25) is 0 Å². The number of aromatic hydroxyl groups is 1. The molecule has 7 nitrogen and oxygen atoms in total. The summed E-state index contributed by atoms with van der Waals surface area (Å²) in [6.07, 6.45) is 1.36. The van der Waals surface area contributed by atoms with Crippen molar-refractivity contribution in [3.05, 3.63) is 58.1 Å². The summed E-state index contributed by atoms with van der Waals surface area (Å²) < 4.78 is 11.0. The van der Waals surface area contributed by atoms with Crippen LogP contribution in [0.3, 0.4) is 0 Å². The van der Waals surface area contributed by atoms with Gasteiger partial charge in [-0.2, -0.15) is 5.26 Å². The first kappa shape index (κ1) is 21.0. The number of nitriles is 1. The Morgan fingerprint density at radius 2 is 1.96 bits per heavy atom. The van der Waals surface area contributed by atoms with E-state index in [4.69, 9.17) is 9.47 Å². The Bertz CT molecular complexity index is 933. The van der Waals surface area contributed by atoms with Crippen LogP contribution in [-0.2, 0) is 14.3 Å². The number of benzene rings is 2. The van der Waals surface area contributed by atoms with Gasteiger partial charge in [0.1, 0.15) is 23.1 Å². The number of carbonyl (C=O) groups excluding carboxylic acids is 2. The van der Waals surface area contributed by atoms with Crippen LogP contribution in [0, 0.1) is 11.3 Å². The molecule has 0 unspecified atom stereocenters. The molecule has 0 atom stereocenters. The molecule has 144 valence electrons. The minimum absolute atomic E-state index is 0.0616. The van der Waals surface area contributed by atoms with E-state index in [1.807, 2.05) is 6.07 Å². The second-order valence-corrected chi connectivity index (χ2v) is 6.36. The Hall–Kier alpha value is -3.31. The third kappa shape index (κ3) is 6.14. The van der Waals surface area contributed by atoms with Gasteiger partial charge in [0.05, 0.1) is 6.61 Å². The maximum atomic E-state index is 12.4. The molecule has 1 amide bonds. The lowest BCUT2D eigenvalue weighted by Crippen LogP contribution is -2.15. The van der Waals surface area contributed by atoms with Crippen LogP contribution in [0.15, 0.2) is 52.5 Å². The van der Waals surface area contributed by atoms with Crippen molar-refractivity contribution in [2.45, 2.75) is 6.92 Å². The van der Waals surface area contributed by atoms with Crippen LogP contribution in [0.4, 0.5) is 5.69 Å². The molecule has 2 N–H and O–H groups in total. The van der Waals surface area contributed by atoms with Crippen LogP contribution in [0.25, 0.3) is 6.08 Å². The molecular weight excluding hydrogens is 428 g/mol. The molecule has 0 aromatic heterocycles. The monoisotopic (exact) mass is 444 g/mol. The van der Waals surface area contributed by atoms with Crippen molar-refractivity contribution in [2.24, 2.45) is 0 Å². The van der Waals surface area contributed by atoms with Gasteiger partial charge in [-0.1, -0.05) is 15.9 Å². The molecule has 0 aliphatic rings. The summed E-state index contributed by atoms with van der Waals surface area (Å²) in [7, 11) is 0. The Morgan fingerprint density at radius 1 is 1.25 bits per heavy atom. The van der Waals surface area contributed by atoms with E-state index >= 15 is 0 Å². The van der Waals surface area contributed by atoms with Gasteiger partial charge in [-0.3, -0.25) is 4.79 Å². The number of halogens is 1. The number of nitrogens with one attached hydrogen (secondary N) is 1. The van der Waals surface area contributed by atoms with Crippen LogP contribution in [0.2, 0.25) is 0 Å². The minimum Gasteiger partial charge on any atom is -0.508 e. The summed E-state index contributed by atoms with van der Waals surface area (Å²) in [4.78, 5) is 23.9. The fourth-order valence-electron chi connectivity index (χ4n) is 2.15. The Balaban J connectivity index is 2.23. The van der Waals surface area contributed by atoms with Gasteiger partial charge in [0.25, 0.3) is 5.91 Å². The summed E-state index contributed by atoms with van der Waals surface area (Å²) in [6.45, 7) is 1.64. The highest BCUT2D eigenvalue weighted by Crippen LogP contribution is 2.26. The zero-order valence-electron chi connectivity index (χ0n) is 14.9. The molecule has 2 aromatic carbocycles. The first-order valence-corrected chi connectivity index (χ1v) is 9.02. The fraction of sp³-hybridized carbons (Fsp3) is 0.150. The summed E-state index contributed by atoms with van der Waals surface area (Å²) in [6, 6.07) is 12.7. The van der Waals surface area contributed by atoms with E-state index in [-0.39, 0.29) is 24.5 Å². The molecule has 2 aromatic rings. The number of phenols is 1. The van der Waals surface area contributed by atoms with E-state index in [9.17, 15) is 20.0 Å². The van der Waals surface area contributed by atoms with Crippen molar-refractivity contribution in [3.8, 4) is 17.6 Å². The normalized spacial score (nSPS) is 10.7. The number of hydrogen-bond acceptors (Lipinski definition) is 6. The molecule has 0 radical (unpaired) electrons. The molecule has 0 aliphatic heterocycles. The van der Waals surface area contributed by atoms with Crippen molar-refractivity contribution < 1.29 is 24.2 Å². The van der Waals surface area contributed by atoms with Crippen LogP contribution in [0.1, 0.15) is 12.5 Å². The van der Waals surface area contributed by atoms with Gasteiger partial charge >= 0.3 is 5.97 Å². The SMILES string of the molecule is CCOC(=O)COc1ccc(Br)cc1/C=C(\C#N)C(=O)Nc1ccc(O)cc1. The second-order valence-electron chi connectivity index (χ2n) is 5.45. The number of carbonyl (C=O) groups is 2. The number of rotatable bonds is 7. The predicted molar refractivity (Wildman–Crippen MR) is 107 cm³/mol. The molecule has 28 heavy (non-hydrogen) atoms. The van der Waals surface area contributed by atoms with Gasteiger partial charge in [-0.05, 0) is 55.5 Å². The Morgan fingerprint density at radius 3 is 2.61 bits per heavy atom. The predicted octanol–water partition coefficient (Wildman–Crippen LogP) is 3.64. The first-order valence-electron chi connectivity index (χ1n) is 8.23. The number of ether oxygens (including phenoxy) is 2. The van der Waals surface area contributed by atoms with E-state index in [1.54, 1.807) is 25.1 Å². The second kappa shape index (κ2) is 10.1. The molecule has 0 saturated carbocycles. The minimum atomic E-state index is -0.621. The highest BCUT2D eigenvalue weighted by molar-refractivity contribution is 9.10. The fourth-order valence-corrected chi connectivity index (χ4v) is 2.53. The maximum Gasteiger partial charge on any atom is 0.344 e. The molecule has 0 saturated heterocycles. The van der Waals surface area contributed by atoms with Crippen LogP contribution < -0.4 is 10.1 Å². The molecular formula is C20H17BrN2O5. The van der Waals surface area contributed by atoms with Crippen LogP contribution >= 0.6 is 15.9 Å². The summed E-state index contributed by atoms with van der Waals surface area (Å²) in [5.74, 6) is -0.761. The summed E-state index contributed by atoms with van der Waals surface area (Å²) >= 11 is 3.33. The van der Waals surface area contributed by atoms with Gasteiger partial charge < -0.3 is 19.9 Å². The first-order chi connectivity index (χ1) is 13.4. The van der Waals surface area contributed by atoms with Gasteiger partial charge in [-0.15, -0.1) is 0 Å². The largest absolute Gasteiger partial charge is 0.508 e. The topological polar surface area (TPSA) is 109 Å². The van der Waals surface area contributed by atoms with Crippen molar-refractivity contribution in [2.75, 3.05) is 18.5 Å². The number of esters is 1. The molecule has 0 bridgehead atoms. The number of nitrogens with zero attached hydrogens (tertiary/aromatic N) is 1. The third-order valence-electron chi connectivity index (χ3n) is 3.41. The third-order valence-corrected chi connectivity index (χ3v) is 3.91. The van der Waals surface area contributed by atoms with Gasteiger partial charge in [0, 0.05) is 15.7 Å². The van der Waals surface area contributed by atoms with E-state index < -0.39 is 11.9 Å². The summed E-state index contributed by atoms with van der Waals surface area (Å²) in [5.41, 5.74) is 0.709. The average molecular weight is 445 g/mol. The zero-order chi connectivity index (χ0) is 20.5. The van der Waals surface area contributed by atoms with Gasteiger partial charge in [0.15, 0.2) is 6.61 Å². The van der Waals surface area contributed by atoms with E-state index in [1.165, 1.54) is 30.3 Å². The highest BCUT2D eigenvalue weighted by Gasteiger charge is 2.13. The molecule has 0 spiro atoms. The lowest BCUT2D eigenvalue weighted by atomic mass is 10.1.